The topological polar surface area (TPSA) is 117 Å². The first-order valence-corrected chi connectivity index (χ1v) is 10.0. The van der Waals surface area contributed by atoms with E-state index in [0.29, 0.717) is 36.2 Å². The lowest BCUT2D eigenvalue weighted by atomic mass is 9.74. The molecular formula is C22H26N2O7. The van der Waals surface area contributed by atoms with Gasteiger partial charge in [-0.15, -0.1) is 0 Å². The molecule has 0 saturated carbocycles. The Morgan fingerprint density at radius 1 is 1.19 bits per heavy atom. The molecule has 9 nitrogen and oxygen atoms in total. The highest BCUT2D eigenvalue weighted by atomic mass is 16.6. The Bertz CT molecular complexity index is 1010. The average molecular weight is 430 g/mol. The SMILES string of the molecule is COc1cc([C@H]2C(C(=O)OC(C)C)=C(C)NC3=C2C(=O)CCC3)c([N+](=O)[O-])cc1OC. The molecule has 0 bridgehead atoms. The molecule has 1 heterocycles. The van der Waals surface area contributed by atoms with Crippen molar-refractivity contribution in [1.82, 2.24) is 5.32 Å². The van der Waals surface area contributed by atoms with Crippen LogP contribution >= 0.6 is 0 Å². The van der Waals surface area contributed by atoms with E-state index in [1.165, 1.54) is 26.4 Å². The third kappa shape index (κ3) is 4.12. The predicted molar refractivity (Wildman–Crippen MR) is 112 cm³/mol. The largest absolute Gasteiger partial charge is 0.493 e. The van der Waals surface area contributed by atoms with Crippen LogP contribution in [-0.4, -0.2) is 37.0 Å². The first-order valence-electron chi connectivity index (χ1n) is 10.0. The summed E-state index contributed by atoms with van der Waals surface area (Å²) in [5.74, 6) is -1.27. The van der Waals surface area contributed by atoms with E-state index in [9.17, 15) is 19.7 Å². The van der Waals surface area contributed by atoms with E-state index < -0.39 is 22.9 Å². The number of carbonyl (C=O) groups is 2. The van der Waals surface area contributed by atoms with Gasteiger partial charge in [0.1, 0.15) is 0 Å². The summed E-state index contributed by atoms with van der Waals surface area (Å²) < 4.78 is 16.0. The number of allylic oxidation sites excluding steroid dienone is 3. The number of hydrogen-bond donors (Lipinski definition) is 1. The fraction of sp³-hybridized carbons (Fsp3) is 0.455. The van der Waals surface area contributed by atoms with Gasteiger partial charge in [-0.05, 0) is 39.7 Å². The summed E-state index contributed by atoms with van der Waals surface area (Å²) in [5, 5.41) is 15.1. The molecule has 0 amide bonds. The van der Waals surface area contributed by atoms with Crippen LogP contribution < -0.4 is 14.8 Å². The average Bonchev–Trinajstić information content (AvgIpc) is 2.71. The van der Waals surface area contributed by atoms with Gasteiger partial charge < -0.3 is 19.5 Å². The highest BCUT2D eigenvalue weighted by Crippen LogP contribution is 2.48. The number of ether oxygens (including phenoxy) is 3. The lowest BCUT2D eigenvalue weighted by Crippen LogP contribution is -2.35. The van der Waals surface area contributed by atoms with Gasteiger partial charge in [0.2, 0.25) is 0 Å². The van der Waals surface area contributed by atoms with Crippen LogP contribution in [0.15, 0.2) is 34.7 Å². The van der Waals surface area contributed by atoms with Gasteiger partial charge in [-0.1, -0.05) is 0 Å². The highest BCUT2D eigenvalue weighted by molar-refractivity contribution is 6.04. The van der Waals surface area contributed by atoms with Crippen LogP contribution in [-0.2, 0) is 14.3 Å². The maximum atomic E-state index is 13.1. The minimum atomic E-state index is -0.949. The molecule has 31 heavy (non-hydrogen) atoms. The van der Waals surface area contributed by atoms with Crippen LogP contribution in [0.2, 0.25) is 0 Å². The van der Waals surface area contributed by atoms with Gasteiger partial charge in [0.15, 0.2) is 17.3 Å². The van der Waals surface area contributed by atoms with E-state index in [0.717, 1.165) is 0 Å². The zero-order valence-corrected chi connectivity index (χ0v) is 18.2. The van der Waals surface area contributed by atoms with Crippen LogP contribution in [0.5, 0.6) is 11.5 Å². The van der Waals surface area contributed by atoms with E-state index in [1.54, 1.807) is 20.8 Å². The molecule has 3 rings (SSSR count). The van der Waals surface area contributed by atoms with Crippen molar-refractivity contribution in [1.29, 1.82) is 0 Å². The molecule has 0 saturated heterocycles. The second-order valence-corrected chi connectivity index (χ2v) is 7.74. The number of carbonyl (C=O) groups excluding carboxylic acids is 2. The van der Waals surface area contributed by atoms with Crippen molar-refractivity contribution >= 4 is 17.4 Å². The number of methoxy groups -OCH3 is 2. The Morgan fingerprint density at radius 3 is 2.42 bits per heavy atom. The first-order chi connectivity index (χ1) is 14.7. The standard InChI is InChI=1S/C22H26N2O7/c1-11(2)31-22(26)19-12(3)23-14-7-6-8-16(25)21(14)20(19)13-9-17(29-4)18(30-5)10-15(13)24(27)28/h9-11,20,23H,6-8H2,1-5H3/t20-/m0/s1. The highest BCUT2D eigenvalue weighted by Gasteiger charge is 2.42. The number of nitrogens with one attached hydrogen (secondary N) is 1. The monoisotopic (exact) mass is 430 g/mol. The second-order valence-electron chi connectivity index (χ2n) is 7.74. The van der Waals surface area contributed by atoms with Gasteiger partial charge in [-0.2, -0.15) is 0 Å². The van der Waals surface area contributed by atoms with Crippen molar-refractivity contribution in [2.75, 3.05) is 14.2 Å². The van der Waals surface area contributed by atoms with E-state index in [1.807, 2.05) is 0 Å². The number of hydrogen-bond acceptors (Lipinski definition) is 8. The minimum absolute atomic E-state index is 0.148. The molecule has 1 atom stereocenters. The molecule has 1 aliphatic heterocycles. The minimum Gasteiger partial charge on any atom is -0.493 e. The molecule has 9 heteroatoms. The molecule has 1 aliphatic carbocycles. The number of nitro groups is 1. The molecule has 2 aliphatic rings. The quantitative estimate of drug-likeness (QED) is 0.414. The van der Waals surface area contributed by atoms with Crippen LogP contribution in [0, 0.1) is 10.1 Å². The van der Waals surface area contributed by atoms with Gasteiger partial charge in [-0.25, -0.2) is 4.79 Å². The summed E-state index contributed by atoms with van der Waals surface area (Å²) in [6.07, 6.45) is 1.20. The maximum absolute atomic E-state index is 13.1. The lowest BCUT2D eigenvalue weighted by molar-refractivity contribution is -0.385. The number of Topliss-reactive ketones (excluding diaryl/α,β-unsaturated/α-hetero) is 1. The fourth-order valence-electron chi connectivity index (χ4n) is 4.12. The Hall–Kier alpha value is -3.36. The first kappa shape index (κ1) is 22.3. The van der Waals surface area contributed by atoms with Gasteiger partial charge in [0, 0.05) is 29.0 Å². The summed E-state index contributed by atoms with van der Waals surface area (Å²) >= 11 is 0. The second kappa shape index (κ2) is 8.79. The van der Waals surface area contributed by atoms with E-state index in [-0.39, 0.29) is 34.1 Å². The van der Waals surface area contributed by atoms with Crippen molar-refractivity contribution < 1.29 is 28.7 Å². The number of nitro benzene ring substituents is 1. The Labute approximate surface area is 180 Å². The van der Waals surface area contributed by atoms with Crippen molar-refractivity contribution in [3.63, 3.8) is 0 Å². The van der Waals surface area contributed by atoms with Crippen LogP contribution in [0.4, 0.5) is 5.69 Å². The molecule has 0 spiro atoms. The molecule has 1 aromatic carbocycles. The molecule has 1 N–H and O–H groups in total. The van der Waals surface area contributed by atoms with Crippen molar-refractivity contribution in [3.8, 4) is 11.5 Å². The van der Waals surface area contributed by atoms with Crippen LogP contribution in [0.25, 0.3) is 0 Å². The number of nitrogens with zero attached hydrogens (tertiary/aromatic N) is 1. The zero-order valence-electron chi connectivity index (χ0n) is 18.2. The summed E-state index contributed by atoms with van der Waals surface area (Å²) in [6.45, 7) is 5.14. The summed E-state index contributed by atoms with van der Waals surface area (Å²) in [4.78, 5) is 37.5. The third-order valence-corrected chi connectivity index (χ3v) is 5.38. The van der Waals surface area contributed by atoms with Gasteiger partial charge in [0.05, 0.1) is 42.8 Å². The van der Waals surface area contributed by atoms with Gasteiger partial charge in [0.25, 0.3) is 5.69 Å². The number of rotatable bonds is 6. The van der Waals surface area contributed by atoms with E-state index >= 15 is 0 Å². The smallest absolute Gasteiger partial charge is 0.337 e. The number of esters is 1. The normalized spacial score (nSPS) is 18.5. The molecule has 1 aromatic rings. The molecule has 0 aromatic heterocycles. The fourth-order valence-corrected chi connectivity index (χ4v) is 4.12. The molecule has 0 fully saturated rings. The third-order valence-electron chi connectivity index (χ3n) is 5.38. The number of dihydropyridines is 1. The van der Waals surface area contributed by atoms with Gasteiger partial charge in [-0.3, -0.25) is 14.9 Å². The predicted octanol–water partition coefficient (Wildman–Crippen LogP) is 3.53. The molecule has 0 radical (unpaired) electrons. The van der Waals surface area contributed by atoms with Crippen LogP contribution in [0.3, 0.4) is 0 Å². The Kier molecular flexibility index (Phi) is 6.33. The lowest BCUT2D eigenvalue weighted by Gasteiger charge is -2.34. The number of benzene rings is 1. The number of ketones is 1. The van der Waals surface area contributed by atoms with Gasteiger partial charge >= 0.3 is 5.97 Å². The summed E-state index contributed by atoms with van der Waals surface area (Å²) in [5.41, 5.74) is 1.65. The molecular weight excluding hydrogens is 404 g/mol. The van der Waals surface area contributed by atoms with Crippen molar-refractivity contribution in [2.45, 2.75) is 52.1 Å². The van der Waals surface area contributed by atoms with Crippen molar-refractivity contribution in [2.24, 2.45) is 0 Å². The summed E-state index contributed by atoms with van der Waals surface area (Å²) in [7, 11) is 2.80. The molecule has 0 unspecified atom stereocenters. The van der Waals surface area contributed by atoms with E-state index in [2.05, 4.69) is 5.32 Å². The molecule has 166 valence electrons. The van der Waals surface area contributed by atoms with Crippen molar-refractivity contribution in [3.05, 3.63) is 50.4 Å². The Balaban J connectivity index is 2.32. The maximum Gasteiger partial charge on any atom is 0.337 e. The van der Waals surface area contributed by atoms with Crippen LogP contribution in [0.1, 0.15) is 51.5 Å². The Morgan fingerprint density at radius 2 is 1.84 bits per heavy atom. The zero-order chi connectivity index (χ0) is 22.9. The van der Waals surface area contributed by atoms with E-state index in [4.69, 9.17) is 14.2 Å². The summed E-state index contributed by atoms with van der Waals surface area (Å²) in [6, 6.07) is 2.72.